The van der Waals surface area contributed by atoms with E-state index in [9.17, 15) is 9.59 Å². The van der Waals surface area contributed by atoms with Gasteiger partial charge in [0.25, 0.3) is 0 Å². The summed E-state index contributed by atoms with van der Waals surface area (Å²) in [6.07, 6.45) is -0.221. The summed E-state index contributed by atoms with van der Waals surface area (Å²) in [4.78, 5) is 25.1. The zero-order chi connectivity index (χ0) is 25.4. The number of fused-ring (bicyclic) bond motifs is 1. The van der Waals surface area contributed by atoms with Crippen LogP contribution in [0.5, 0.6) is 0 Å². The Morgan fingerprint density at radius 3 is 2.41 bits per heavy atom. The smallest absolute Gasteiger partial charge is 0.411 e. The van der Waals surface area contributed by atoms with Crippen molar-refractivity contribution in [1.29, 1.82) is 0 Å². The van der Waals surface area contributed by atoms with Crippen molar-refractivity contribution in [2.45, 2.75) is 62.8 Å². The zero-order valence-electron chi connectivity index (χ0n) is 19.9. The lowest BCUT2D eigenvalue weighted by molar-refractivity contribution is -0.162. The SMILES string of the molecule is COC(=O)NC1=C2C(=CC(=O)O[C@H]2C#CI)[C@@](C#CI)(O[Si](C)(C)C(C)(C)C)CC12OCCO2. The topological polar surface area (TPSA) is 92.3 Å². The molecule has 0 aromatic heterocycles. The minimum atomic E-state index is -2.45. The minimum Gasteiger partial charge on any atom is -0.453 e. The Kier molecular flexibility index (Phi) is 8.17. The normalized spacial score (nSPS) is 25.8. The maximum absolute atomic E-state index is 12.7. The highest BCUT2D eigenvalue weighted by Crippen LogP contribution is 2.53. The minimum absolute atomic E-state index is 0.106. The molecule has 2 aliphatic heterocycles. The molecule has 1 fully saturated rings. The summed E-state index contributed by atoms with van der Waals surface area (Å²) in [6.45, 7) is 11.2. The fourth-order valence-corrected chi connectivity index (χ4v) is 6.05. The number of carbonyl (C=O) groups is 2. The van der Waals surface area contributed by atoms with E-state index in [0.29, 0.717) is 24.4 Å². The lowest BCUT2D eigenvalue weighted by Gasteiger charge is -2.51. The molecule has 3 aliphatic rings. The predicted octanol–water partition coefficient (Wildman–Crippen LogP) is 4.15. The van der Waals surface area contributed by atoms with Crippen LogP contribution in [0.2, 0.25) is 18.1 Å². The summed E-state index contributed by atoms with van der Waals surface area (Å²) < 4.78 is 35.4. The van der Waals surface area contributed by atoms with Gasteiger partial charge in [-0.05, 0) is 31.9 Å². The molecule has 1 amide bonds. The van der Waals surface area contributed by atoms with Crippen molar-refractivity contribution in [1.82, 2.24) is 5.32 Å². The standard InChI is InChI=1S/C23H27I2NO7Si/c1-21(2,3)34(5,6)33-22(8-10-25)14-23(30-11-12-31-23)19(26-20(28)29-4)18-15(22)13-17(27)32-16(18)7-9-24/h13,16H,11-12,14H2,1-6H3,(H,26,28)/t16-,22-/m0/s1. The maximum atomic E-state index is 12.7. The molecule has 1 N–H and O–H groups in total. The lowest BCUT2D eigenvalue weighted by atomic mass is 9.72. The van der Waals surface area contributed by atoms with E-state index >= 15 is 0 Å². The second-order valence-electron chi connectivity index (χ2n) is 9.55. The first-order chi connectivity index (χ1) is 15.8. The van der Waals surface area contributed by atoms with Crippen LogP contribution in [0.1, 0.15) is 27.2 Å². The summed E-state index contributed by atoms with van der Waals surface area (Å²) >= 11 is 3.84. The van der Waals surface area contributed by atoms with Gasteiger partial charge in [-0.2, -0.15) is 0 Å². The van der Waals surface area contributed by atoms with Gasteiger partial charge in [-0.1, -0.05) is 26.7 Å². The molecule has 34 heavy (non-hydrogen) atoms. The van der Waals surface area contributed by atoms with Crippen LogP contribution < -0.4 is 5.32 Å². The van der Waals surface area contributed by atoms with Gasteiger partial charge in [0.15, 0.2) is 20.0 Å². The van der Waals surface area contributed by atoms with Crippen LogP contribution in [0.25, 0.3) is 0 Å². The largest absolute Gasteiger partial charge is 0.453 e. The highest BCUT2D eigenvalue weighted by atomic mass is 127. The van der Waals surface area contributed by atoms with Gasteiger partial charge in [-0.25, -0.2) is 9.59 Å². The maximum Gasteiger partial charge on any atom is 0.411 e. The monoisotopic (exact) mass is 711 g/mol. The zero-order valence-corrected chi connectivity index (χ0v) is 25.2. The molecule has 8 nitrogen and oxygen atoms in total. The van der Waals surface area contributed by atoms with Gasteiger partial charge >= 0.3 is 12.1 Å². The van der Waals surface area contributed by atoms with Gasteiger partial charge < -0.3 is 23.4 Å². The van der Waals surface area contributed by atoms with E-state index in [1.165, 1.54) is 13.2 Å². The number of rotatable bonds is 3. The van der Waals surface area contributed by atoms with Crippen molar-refractivity contribution in [2.75, 3.05) is 20.3 Å². The number of cyclic esters (lactones) is 1. The summed E-state index contributed by atoms with van der Waals surface area (Å²) in [5.41, 5.74) is -0.0573. The van der Waals surface area contributed by atoms with Gasteiger partial charge in [0.05, 0.1) is 32.4 Å². The van der Waals surface area contributed by atoms with E-state index in [2.05, 4.69) is 58.9 Å². The van der Waals surface area contributed by atoms with Crippen LogP contribution in [0.15, 0.2) is 22.9 Å². The van der Waals surface area contributed by atoms with Crippen LogP contribution in [-0.2, 0) is 28.2 Å². The Hall–Kier alpha value is -1.10. The summed E-state index contributed by atoms with van der Waals surface area (Å²) in [5.74, 6) is 4.19. The molecule has 0 aromatic carbocycles. The van der Waals surface area contributed by atoms with Crippen LogP contribution in [0.3, 0.4) is 0 Å². The molecule has 2 heterocycles. The third-order valence-corrected chi connectivity index (χ3v) is 11.5. The number of hydrogen-bond donors (Lipinski definition) is 1. The number of alkyl carbamates (subject to hydrolysis) is 1. The number of carbonyl (C=O) groups excluding carboxylic acids is 2. The van der Waals surface area contributed by atoms with E-state index < -0.39 is 37.9 Å². The van der Waals surface area contributed by atoms with Gasteiger partial charge in [-0.15, -0.1) is 0 Å². The molecular weight excluding hydrogens is 684 g/mol. The molecule has 3 rings (SSSR count). The summed E-state index contributed by atoms with van der Waals surface area (Å²) in [6, 6.07) is 0. The quantitative estimate of drug-likeness (QED) is 0.204. The van der Waals surface area contributed by atoms with E-state index in [0.717, 1.165) is 0 Å². The summed E-state index contributed by atoms with van der Waals surface area (Å²) in [5, 5.41) is 2.60. The first kappa shape index (κ1) is 27.5. The Balaban J connectivity index is 2.38. The Bertz CT molecular complexity index is 1060. The predicted molar refractivity (Wildman–Crippen MR) is 144 cm³/mol. The van der Waals surface area contributed by atoms with Crippen LogP contribution in [0, 0.1) is 19.7 Å². The average Bonchev–Trinajstić information content (AvgIpc) is 3.19. The third kappa shape index (κ3) is 5.06. The van der Waals surface area contributed by atoms with Gasteiger partial charge in [0, 0.05) is 62.4 Å². The second-order valence-corrected chi connectivity index (χ2v) is 15.4. The van der Waals surface area contributed by atoms with Gasteiger partial charge in [0.1, 0.15) is 0 Å². The van der Waals surface area contributed by atoms with Crippen molar-refractivity contribution >= 4 is 65.6 Å². The van der Waals surface area contributed by atoms with E-state index in [1.807, 2.05) is 45.2 Å². The van der Waals surface area contributed by atoms with Gasteiger partial charge in [0.2, 0.25) is 5.79 Å². The van der Waals surface area contributed by atoms with E-state index in [-0.39, 0.29) is 17.2 Å². The molecule has 0 radical (unpaired) electrons. The highest BCUT2D eigenvalue weighted by Gasteiger charge is 2.61. The van der Waals surface area contributed by atoms with Crippen LogP contribution >= 0.6 is 45.2 Å². The fraction of sp³-hybridized carbons (Fsp3) is 0.565. The Morgan fingerprint density at radius 1 is 1.24 bits per heavy atom. The number of esters is 1. The fourth-order valence-electron chi connectivity index (χ4n) is 3.92. The molecule has 11 heteroatoms. The molecule has 1 aliphatic carbocycles. The lowest BCUT2D eigenvalue weighted by Crippen LogP contribution is -2.60. The number of ether oxygens (including phenoxy) is 4. The van der Waals surface area contributed by atoms with Crippen LogP contribution in [-0.4, -0.2) is 58.2 Å². The van der Waals surface area contributed by atoms with Crippen molar-refractivity contribution in [3.05, 3.63) is 22.9 Å². The highest BCUT2D eigenvalue weighted by molar-refractivity contribution is 14.1. The van der Waals surface area contributed by atoms with Crippen LogP contribution in [0.4, 0.5) is 4.79 Å². The summed E-state index contributed by atoms with van der Waals surface area (Å²) in [7, 11) is -1.19. The number of halogens is 2. The third-order valence-electron chi connectivity index (χ3n) is 6.45. The molecule has 1 spiro atoms. The molecule has 1 saturated heterocycles. The Morgan fingerprint density at radius 2 is 1.88 bits per heavy atom. The first-order valence-electron chi connectivity index (χ1n) is 10.6. The number of methoxy groups -OCH3 is 1. The van der Waals surface area contributed by atoms with Crippen molar-refractivity contribution < 1.29 is 33.0 Å². The number of amides is 1. The number of nitrogens with one attached hydrogen (secondary N) is 1. The van der Waals surface area contributed by atoms with Crippen molar-refractivity contribution in [3.8, 4) is 19.7 Å². The molecule has 0 aromatic rings. The molecule has 2 atom stereocenters. The average molecular weight is 711 g/mol. The second kappa shape index (κ2) is 10.1. The van der Waals surface area contributed by atoms with Crippen molar-refractivity contribution in [2.24, 2.45) is 0 Å². The molecular formula is C23H27I2NO7Si. The van der Waals surface area contributed by atoms with Crippen molar-refractivity contribution in [3.63, 3.8) is 0 Å². The molecule has 0 saturated carbocycles. The molecule has 0 unspecified atom stereocenters. The van der Waals surface area contributed by atoms with Gasteiger partial charge in [-0.3, -0.25) is 5.32 Å². The first-order valence-corrected chi connectivity index (χ1v) is 15.7. The molecule has 184 valence electrons. The molecule has 0 bridgehead atoms. The number of hydrogen-bond acceptors (Lipinski definition) is 7. The van der Waals surface area contributed by atoms with E-state index in [1.54, 1.807) is 0 Å². The van der Waals surface area contributed by atoms with E-state index in [4.69, 9.17) is 23.4 Å². The Labute approximate surface area is 228 Å².